The van der Waals surface area contributed by atoms with E-state index in [9.17, 15) is 4.39 Å². The summed E-state index contributed by atoms with van der Waals surface area (Å²) >= 11 is 0. The van der Waals surface area contributed by atoms with Gasteiger partial charge in [0.05, 0.1) is 6.10 Å². The molecule has 0 radical (unpaired) electrons. The van der Waals surface area contributed by atoms with Crippen LogP contribution in [0.4, 0.5) is 4.39 Å². The summed E-state index contributed by atoms with van der Waals surface area (Å²) < 4.78 is 24.4. The highest BCUT2D eigenvalue weighted by Crippen LogP contribution is 2.11. The largest absolute Gasteiger partial charge is 0.381 e. The number of aryl methyl sites for hydroxylation is 1. The lowest BCUT2D eigenvalue weighted by atomic mass is 10.1. The molecule has 0 amide bonds. The highest BCUT2D eigenvalue weighted by Gasteiger charge is 2.13. The van der Waals surface area contributed by atoms with Gasteiger partial charge in [-0.2, -0.15) is 0 Å². The van der Waals surface area contributed by atoms with Gasteiger partial charge >= 0.3 is 0 Å². The number of benzene rings is 1. The summed E-state index contributed by atoms with van der Waals surface area (Å²) in [5, 5.41) is 6.59. The van der Waals surface area contributed by atoms with Crippen LogP contribution < -0.4 is 10.6 Å². The lowest BCUT2D eigenvalue weighted by Crippen LogP contribution is -2.38. The Labute approximate surface area is 156 Å². The standard InChI is InChI=1S/C20H32FN3O2/c1-3-22-20(23-10-4-12-26-19-8-13-25-14-9-19)24-11-7-17-5-6-18(21)15-16(17)2/h5-6,15,19H,3-4,7-14H2,1-2H3,(H2,22,23,24). The molecule has 6 heteroatoms. The maximum atomic E-state index is 13.2. The molecule has 146 valence electrons. The van der Waals surface area contributed by atoms with Gasteiger partial charge in [-0.15, -0.1) is 0 Å². The third kappa shape index (κ3) is 7.70. The number of aliphatic imine (C=N–C) groups is 1. The van der Waals surface area contributed by atoms with Crippen LogP contribution in [0, 0.1) is 12.7 Å². The molecule has 2 N–H and O–H groups in total. The van der Waals surface area contributed by atoms with Gasteiger partial charge in [0.1, 0.15) is 5.82 Å². The molecular weight excluding hydrogens is 333 g/mol. The molecule has 1 aliphatic heterocycles. The van der Waals surface area contributed by atoms with Crippen molar-refractivity contribution in [2.24, 2.45) is 4.99 Å². The van der Waals surface area contributed by atoms with E-state index in [-0.39, 0.29) is 5.82 Å². The van der Waals surface area contributed by atoms with Crippen LogP contribution in [0.15, 0.2) is 23.2 Å². The van der Waals surface area contributed by atoms with Gasteiger partial charge in [-0.25, -0.2) is 4.39 Å². The average Bonchev–Trinajstić information content (AvgIpc) is 2.64. The van der Waals surface area contributed by atoms with Crippen molar-refractivity contribution in [3.05, 3.63) is 35.1 Å². The van der Waals surface area contributed by atoms with Gasteiger partial charge in [0.25, 0.3) is 0 Å². The van der Waals surface area contributed by atoms with Gasteiger partial charge in [0.2, 0.25) is 0 Å². The first-order valence-corrected chi connectivity index (χ1v) is 9.65. The number of nitrogens with zero attached hydrogens (tertiary/aromatic N) is 1. The first-order valence-electron chi connectivity index (χ1n) is 9.65. The number of hydrogen-bond acceptors (Lipinski definition) is 3. The molecule has 0 spiro atoms. The smallest absolute Gasteiger partial charge is 0.191 e. The van der Waals surface area contributed by atoms with Gasteiger partial charge in [0.15, 0.2) is 5.96 Å². The predicted molar refractivity (Wildman–Crippen MR) is 103 cm³/mol. The Morgan fingerprint density at radius 1 is 1.31 bits per heavy atom. The average molecular weight is 365 g/mol. The Bertz CT molecular complexity index is 560. The molecule has 1 aliphatic rings. The molecule has 0 unspecified atom stereocenters. The summed E-state index contributed by atoms with van der Waals surface area (Å²) in [7, 11) is 0. The zero-order chi connectivity index (χ0) is 18.6. The zero-order valence-electron chi connectivity index (χ0n) is 16.0. The summed E-state index contributed by atoms with van der Waals surface area (Å²) in [6, 6.07) is 4.94. The minimum atomic E-state index is -0.183. The molecule has 1 aromatic carbocycles. The van der Waals surface area contributed by atoms with Gasteiger partial charge in [-0.05, 0) is 62.8 Å². The van der Waals surface area contributed by atoms with E-state index < -0.39 is 0 Å². The van der Waals surface area contributed by atoms with E-state index in [4.69, 9.17) is 9.47 Å². The van der Waals surface area contributed by atoms with Crippen molar-refractivity contribution in [2.45, 2.75) is 45.6 Å². The molecule has 1 fully saturated rings. The van der Waals surface area contributed by atoms with Gasteiger partial charge in [-0.1, -0.05) is 6.07 Å². The van der Waals surface area contributed by atoms with Gasteiger partial charge < -0.3 is 20.1 Å². The van der Waals surface area contributed by atoms with E-state index in [0.717, 1.165) is 82.2 Å². The second kappa shape index (κ2) is 11.9. The van der Waals surface area contributed by atoms with Crippen molar-refractivity contribution in [1.82, 2.24) is 10.6 Å². The molecule has 1 aromatic rings. The monoisotopic (exact) mass is 365 g/mol. The first kappa shape index (κ1) is 20.6. The minimum absolute atomic E-state index is 0.183. The molecule has 0 bridgehead atoms. The summed E-state index contributed by atoms with van der Waals surface area (Å²) in [5.41, 5.74) is 2.14. The zero-order valence-corrected chi connectivity index (χ0v) is 16.0. The summed E-state index contributed by atoms with van der Waals surface area (Å²) in [6.07, 6.45) is 4.08. The van der Waals surface area contributed by atoms with Crippen molar-refractivity contribution in [3.8, 4) is 0 Å². The molecule has 1 saturated heterocycles. The van der Waals surface area contributed by atoms with Crippen molar-refractivity contribution in [2.75, 3.05) is 39.5 Å². The SMILES string of the molecule is CCNC(=NCCCOC1CCOCC1)NCCc1ccc(F)cc1C. The second-order valence-electron chi connectivity index (χ2n) is 6.54. The van der Waals surface area contributed by atoms with E-state index in [0.29, 0.717) is 6.10 Å². The Morgan fingerprint density at radius 3 is 2.85 bits per heavy atom. The van der Waals surface area contributed by atoms with Crippen LogP contribution in [0.1, 0.15) is 37.3 Å². The number of hydrogen-bond donors (Lipinski definition) is 2. The van der Waals surface area contributed by atoms with Crippen LogP contribution in [0.2, 0.25) is 0 Å². The molecule has 26 heavy (non-hydrogen) atoms. The third-order valence-electron chi connectivity index (χ3n) is 4.43. The lowest BCUT2D eigenvalue weighted by Gasteiger charge is -2.22. The van der Waals surface area contributed by atoms with Crippen LogP contribution >= 0.6 is 0 Å². The van der Waals surface area contributed by atoms with E-state index in [1.165, 1.54) is 6.07 Å². The van der Waals surface area contributed by atoms with Gasteiger partial charge in [0, 0.05) is 39.5 Å². The number of halogens is 1. The second-order valence-corrected chi connectivity index (χ2v) is 6.54. The van der Waals surface area contributed by atoms with E-state index in [2.05, 4.69) is 22.5 Å². The molecule has 0 aromatic heterocycles. The van der Waals surface area contributed by atoms with Crippen LogP contribution in [-0.2, 0) is 15.9 Å². The van der Waals surface area contributed by atoms with Crippen LogP contribution in [0.25, 0.3) is 0 Å². The van der Waals surface area contributed by atoms with Crippen molar-refractivity contribution < 1.29 is 13.9 Å². The van der Waals surface area contributed by atoms with E-state index in [1.54, 1.807) is 6.07 Å². The molecular formula is C20H32FN3O2. The Balaban J connectivity index is 1.66. The number of guanidine groups is 1. The fourth-order valence-corrected chi connectivity index (χ4v) is 2.95. The summed E-state index contributed by atoms with van der Waals surface area (Å²) in [5.74, 6) is 0.635. The lowest BCUT2D eigenvalue weighted by molar-refractivity contribution is -0.0318. The Hall–Kier alpha value is -1.66. The maximum absolute atomic E-state index is 13.2. The Kier molecular flexibility index (Phi) is 9.42. The molecule has 0 atom stereocenters. The summed E-state index contributed by atoms with van der Waals surface area (Å²) in [6.45, 7) is 8.66. The quantitative estimate of drug-likeness (QED) is 0.401. The van der Waals surface area contributed by atoms with Gasteiger partial charge in [-0.3, -0.25) is 4.99 Å². The number of ether oxygens (including phenoxy) is 2. The number of nitrogens with one attached hydrogen (secondary N) is 2. The highest BCUT2D eigenvalue weighted by molar-refractivity contribution is 5.79. The fraction of sp³-hybridized carbons (Fsp3) is 0.650. The molecule has 1 heterocycles. The predicted octanol–water partition coefficient (Wildman–Crippen LogP) is 2.82. The van der Waals surface area contributed by atoms with Crippen molar-refractivity contribution >= 4 is 5.96 Å². The molecule has 5 nitrogen and oxygen atoms in total. The summed E-state index contributed by atoms with van der Waals surface area (Å²) in [4.78, 5) is 4.59. The molecule has 0 saturated carbocycles. The fourth-order valence-electron chi connectivity index (χ4n) is 2.95. The van der Waals surface area contributed by atoms with Crippen LogP contribution in [-0.4, -0.2) is 51.5 Å². The highest BCUT2D eigenvalue weighted by atomic mass is 19.1. The minimum Gasteiger partial charge on any atom is -0.381 e. The van der Waals surface area contributed by atoms with E-state index >= 15 is 0 Å². The molecule has 0 aliphatic carbocycles. The van der Waals surface area contributed by atoms with E-state index in [1.807, 2.05) is 13.0 Å². The van der Waals surface area contributed by atoms with Crippen LogP contribution in [0.3, 0.4) is 0 Å². The normalized spacial score (nSPS) is 15.9. The maximum Gasteiger partial charge on any atom is 0.191 e. The number of rotatable bonds is 9. The third-order valence-corrected chi connectivity index (χ3v) is 4.43. The van der Waals surface area contributed by atoms with Crippen molar-refractivity contribution in [1.29, 1.82) is 0 Å². The van der Waals surface area contributed by atoms with Crippen LogP contribution in [0.5, 0.6) is 0 Å². The Morgan fingerprint density at radius 2 is 2.12 bits per heavy atom. The molecule has 2 rings (SSSR count). The topological polar surface area (TPSA) is 54.9 Å². The van der Waals surface area contributed by atoms with Crippen molar-refractivity contribution in [3.63, 3.8) is 0 Å². The first-order chi connectivity index (χ1) is 12.7.